The number of amides is 1. The van der Waals surface area contributed by atoms with Crippen molar-refractivity contribution >= 4 is 49.1 Å². The molecule has 156 valence electrons. The number of ether oxygens (including phenoxy) is 1. The minimum absolute atomic E-state index is 0.00988. The number of carbonyl (C=O) groups is 1. The van der Waals surface area contributed by atoms with E-state index in [-0.39, 0.29) is 22.2 Å². The first kappa shape index (κ1) is 22.0. The summed E-state index contributed by atoms with van der Waals surface area (Å²) in [6.07, 6.45) is 1.03. The number of benzene rings is 2. The number of piperidine rings is 1. The van der Waals surface area contributed by atoms with Crippen LogP contribution in [0.4, 0.5) is 10.1 Å². The zero-order chi connectivity index (χ0) is 21.2. The summed E-state index contributed by atoms with van der Waals surface area (Å²) in [6.45, 7) is 0.304. The van der Waals surface area contributed by atoms with E-state index in [1.54, 1.807) is 6.07 Å². The summed E-state index contributed by atoms with van der Waals surface area (Å²) >= 11 is 9.22. The zero-order valence-electron chi connectivity index (χ0n) is 15.5. The Morgan fingerprint density at radius 2 is 2.07 bits per heavy atom. The number of hydrogen-bond acceptors (Lipinski definition) is 4. The largest absolute Gasteiger partial charge is 0.495 e. The first-order valence-electron chi connectivity index (χ1n) is 8.82. The molecule has 0 radical (unpaired) electrons. The van der Waals surface area contributed by atoms with Crippen molar-refractivity contribution in [1.82, 2.24) is 4.31 Å². The predicted molar refractivity (Wildman–Crippen MR) is 112 cm³/mol. The molecule has 0 saturated carbocycles. The van der Waals surface area contributed by atoms with E-state index in [0.29, 0.717) is 29.6 Å². The summed E-state index contributed by atoms with van der Waals surface area (Å²) < 4.78 is 46.8. The molecule has 0 aromatic heterocycles. The number of methoxy groups -OCH3 is 1. The van der Waals surface area contributed by atoms with Crippen molar-refractivity contribution in [2.45, 2.75) is 17.7 Å². The summed E-state index contributed by atoms with van der Waals surface area (Å²) in [5, 5.41) is 2.73. The number of anilines is 1. The lowest BCUT2D eigenvalue weighted by Gasteiger charge is -2.31. The first-order chi connectivity index (χ1) is 13.7. The van der Waals surface area contributed by atoms with Crippen molar-refractivity contribution in [2.75, 3.05) is 25.5 Å². The maximum Gasteiger partial charge on any atom is 0.243 e. The molecule has 0 spiro atoms. The Morgan fingerprint density at radius 3 is 2.72 bits per heavy atom. The number of rotatable bonds is 5. The SMILES string of the molecule is COc1ccc(S(=O)(=O)N2CCC[C@H](C(=O)Nc3ccc(Br)cc3F)C2)cc1Cl. The molecule has 0 aliphatic carbocycles. The van der Waals surface area contributed by atoms with Crippen molar-refractivity contribution in [3.8, 4) is 5.75 Å². The number of halogens is 3. The van der Waals surface area contributed by atoms with Crippen molar-refractivity contribution < 1.29 is 22.3 Å². The average molecular weight is 506 g/mol. The van der Waals surface area contributed by atoms with Gasteiger partial charge in [0.1, 0.15) is 11.6 Å². The van der Waals surface area contributed by atoms with Gasteiger partial charge in [-0.3, -0.25) is 4.79 Å². The molecule has 1 atom stereocenters. The highest BCUT2D eigenvalue weighted by Crippen LogP contribution is 2.30. The molecule has 1 N–H and O–H groups in total. The van der Waals surface area contributed by atoms with Crippen LogP contribution in [-0.4, -0.2) is 38.8 Å². The van der Waals surface area contributed by atoms with Gasteiger partial charge in [0.2, 0.25) is 15.9 Å². The quantitative estimate of drug-likeness (QED) is 0.658. The van der Waals surface area contributed by atoms with Crippen LogP contribution in [0.25, 0.3) is 0 Å². The van der Waals surface area contributed by atoms with Crippen LogP contribution in [0, 0.1) is 11.7 Å². The number of nitrogens with one attached hydrogen (secondary N) is 1. The van der Waals surface area contributed by atoms with Gasteiger partial charge in [0.05, 0.1) is 28.6 Å². The fourth-order valence-electron chi connectivity index (χ4n) is 3.16. The van der Waals surface area contributed by atoms with Gasteiger partial charge in [-0.1, -0.05) is 27.5 Å². The van der Waals surface area contributed by atoms with Crippen molar-refractivity contribution in [2.24, 2.45) is 5.92 Å². The summed E-state index contributed by atoms with van der Waals surface area (Å²) in [7, 11) is -2.39. The monoisotopic (exact) mass is 504 g/mol. The molecule has 3 rings (SSSR count). The molecule has 0 bridgehead atoms. The van der Waals surface area contributed by atoms with E-state index in [9.17, 15) is 17.6 Å². The van der Waals surface area contributed by atoms with Gasteiger partial charge in [0.25, 0.3) is 0 Å². The lowest BCUT2D eigenvalue weighted by atomic mass is 9.98. The van der Waals surface area contributed by atoms with Gasteiger partial charge in [-0.2, -0.15) is 4.31 Å². The van der Waals surface area contributed by atoms with Gasteiger partial charge in [0, 0.05) is 17.6 Å². The zero-order valence-corrected chi connectivity index (χ0v) is 18.7. The molecule has 6 nitrogen and oxygen atoms in total. The summed E-state index contributed by atoms with van der Waals surface area (Å²) in [6, 6.07) is 8.55. The average Bonchev–Trinajstić information content (AvgIpc) is 2.70. The summed E-state index contributed by atoms with van der Waals surface area (Å²) in [4.78, 5) is 12.6. The third-order valence-corrected chi connectivity index (χ3v) is 7.35. The molecule has 0 unspecified atom stereocenters. The van der Waals surface area contributed by atoms with Crippen LogP contribution < -0.4 is 10.1 Å². The second-order valence-electron chi connectivity index (χ2n) is 6.61. The molecule has 1 heterocycles. The van der Waals surface area contributed by atoms with Crippen LogP contribution in [0.15, 0.2) is 45.8 Å². The fraction of sp³-hybridized carbons (Fsp3) is 0.316. The Kier molecular flexibility index (Phi) is 6.83. The van der Waals surface area contributed by atoms with E-state index < -0.39 is 27.7 Å². The molecule has 1 aliphatic heterocycles. The summed E-state index contributed by atoms with van der Waals surface area (Å²) in [5.74, 6) is -1.20. The van der Waals surface area contributed by atoms with Crippen molar-refractivity contribution in [3.05, 3.63) is 51.7 Å². The second kappa shape index (κ2) is 8.99. The second-order valence-corrected chi connectivity index (χ2v) is 9.87. The number of hydrogen-bond donors (Lipinski definition) is 1. The molecule has 29 heavy (non-hydrogen) atoms. The van der Waals surface area contributed by atoms with E-state index in [1.807, 2.05) is 0 Å². The van der Waals surface area contributed by atoms with Crippen LogP contribution in [0.1, 0.15) is 12.8 Å². The third-order valence-electron chi connectivity index (χ3n) is 4.70. The minimum Gasteiger partial charge on any atom is -0.495 e. The highest BCUT2D eigenvalue weighted by Gasteiger charge is 2.33. The lowest BCUT2D eigenvalue weighted by molar-refractivity contribution is -0.120. The van der Waals surface area contributed by atoms with E-state index in [4.69, 9.17) is 16.3 Å². The lowest BCUT2D eigenvalue weighted by Crippen LogP contribution is -2.43. The fourth-order valence-corrected chi connectivity index (χ4v) is 5.36. The van der Waals surface area contributed by atoms with Crippen LogP contribution in [0.3, 0.4) is 0 Å². The molecule has 1 saturated heterocycles. The van der Waals surface area contributed by atoms with Crippen LogP contribution in [0.5, 0.6) is 5.75 Å². The molecule has 10 heteroatoms. The molecule has 1 aliphatic rings. The molecular formula is C19H19BrClFN2O4S. The van der Waals surface area contributed by atoms with Crippen molar-refractivity contribution in [1.29, 1.82) is 0 Å². The van der Waals surface area contributed by atoms with E-state index >= 15 is 0 Å². The Hall–Kier alpha value is -1.68. The van der Waals surface area contributed by atoms with Gasteiger partial charge < -0.3 is 10.1 Å². The number of carbonyl (C=O) groups excluding carboxylic acids is 1. The molecular weight excluding hydrogens is 487 g/mol. The maximum absolute atomic E-state index is 14.0. The van der Waals surface area contributed by atoms with Gasteiger partial charge in [-0.25, -0.2) is 12.8 Å². The molecule has 2 aromatic carbocycles. The Morgan fingerprint density at radius 1 is 1.31 bits per heavy atom. The molecule has 1 amide bonds. The van der Waals surface area contributed by atoms with Gasteiger partial charge in [-0.15, -0.1) is 0 Å². The van der Waals surface area contributed by atoms with Crippen LogP contribution >= 0.6 is 27.5 Å². The molecule has 1 fully saturated rings. The Balaban J connectivity index is 1.75. The van der Waals surface area contributed by atoms with Gasteiger partial charge in [-0.05, 0) is 49.2 Å². The van der Waals surface area contributed by atoms with Gasteiger partial charge in [0.15, 0.2) is 0 Å². The van der Waals surface area contributed by atoms with Crippen LogP contribution in [0.2, 0.25) is 5.02 Å². The standard InChI is InChI=1S/C19H19BrClFN2O4S/c1-28-18-7-5-14(10-15(18)21)29(26,27)24-8-2-3-12(11-24)19(25)23-17-6-4-13(20)9-16(17)22/h4-7,9-10,12H,2-3,8,11H2,1H3,(H,23,25)/t12-/m0/s1. The Labute approximate surface area is 182 Å². The Bertz CT molecular complexity index is 1030. The smallest absolute Gasteiger partial charge is 0.243 e. The molecule has 2 aromatic rings. The minimum atomic E-state index is -3.83. The van der Waals surface area contributed by atoms with Crippen molar-refractivity contribution in [3.63, 3.8) is 0 Å². The van der Waals surface area contributed by atoms with E-state index in [0.717, 1.165) is 0 Å². The highest BCUT2D eigenvalue weighted by molar-refractivity contribution is 9.10. The third kappa shape index (κ3) is 4.91. The number of sulfonamides is 1. The predicted octanol–water partition coefficient (Wildman–Crippen LogP) is 4.29. The van der Waals surface area contributed by atoms with E-state index in [1.165, 1.54) is 41.7 Å². The maximum atomic E-state index is 14.0. The first-order valence-corrected chi connectivity index (χ1v) is 11.4. The topological polar surface area (TPSA) is 75.7 Å². The highest BCUT2D eigenvalue weighted by atomic mass is 79.9. The number of nitrogens with zero attached hydrogens (tertiary/aromatic N) is 1. The van der Waals surface area contributed by atoms with Gasteiger partial charge >= 0.3 is 0 Å². The summed E-state index contributed by atoms with van der Waals surface area (Å²) in [5.41, 5.74) is 0.0557. The van der Waals surface area contributed by atoms with Crippen LogP contribution in [-0.2, 0) is 14.8 Å². The van der Waals surface area contributed by atoms with E-state index in [2.05, 4.69) is 21.2 Å². The normalized spacial score (nSPS) is 17.7.